The van der Waals surface area contributed by atoms with Crippen molar-refractivity contribution in [2.75, 3.05) is 0 Å². The molecule has 7 unspecified atom stereocenters. The summed E-state index contributed by atoms with van der Waals surface area (Å²) in [5, 5.41) is 10.2. The van der Waals surface area contributed by atoms with Gasteiger partial charge in [-0.25, -0.2) is 0 Å². The predicted molar refractivity (Wildman–Crippen MR) is 119 cm³/mol. The summed E-state index contributed by atoms with van der Waals surface area (Å²) in [6, 6.07) is 0. The Labute approximate surface area is 174 Å². The van der Waals surface area contributed by atoms with Gasteiger partial charge in [-0.1, -0.05) is 65.5 Å². The zero-order valence-corrected chi connectivity index (χ0v) is 19.3. The van der Waals surface area contributed by atoms with Crippen molar-refractivity contribution in [3.05, 3.63) is 11.6 Å². The van der Waals surface area contributed by atoms with Gasteiger partial charge in [-0.2, -0.15) is 0 Å². The maximum absolute atomic E-state index is 10.2. The molecule has 0 aromatic rings. The van der Waals surface area contributed by atoms with E-state index in [0.29, 0.717) is 10.8 Å². The minimum absolute atomic E-state index is 0.0766. The molecule has 4 aliphatic carbocycles. The summed E-state index contributed by atoms with van der Waals surface area (Å²) >= 11 is 0. The summed E-state index contributed by atoms with van der Waals surface area (Å²) in [7, 11) is 0. The van der Waals surface area contributed by atoms with Crippen LogP contribution in [0.15, 0.2) is 11.6 Å². The number of aliphatic hydroxyl groups is 1. The molecule has 1 heteroatoms. The summed E-state index contributed by atoms with van der Waals surface area (Å²) in [6.07, 6.45) is 17.2. The van der Waals surface area contributed by atoms with Crippen LogP contribution in [0.5, 0.6) is 0 Å². The molecule has 160 valence electrons. The van der Waals surface area contributed by atoms with E-state index in [1.54, 1.807) is 5.57 Å². The second kappa shape index (κ2) is 7.75. The topological polar surface area (TPSA) is 20.2 Å². The van der Waals surface area contributed by atoms with E-state index in [0.717, 1.165) is 48.3 Å². The van der Waals surface area contributed by atoms with Gasteiger partial charge < -0.3 is 5.11 Å². The Bertz CT molecular complexity index is 591. The molecule has 0 aromatic carbocycles. The lowest BCUT2D eigenvalue weighted by Gasteiger charge is -2.58. The molecule has 0 aliphatic heterocycles. The molecule has 3 saturated carbocycles. The normalized spacial score (nSPS) is 46.5. The van der Waals surface area contributed by atoms with Crippen LogP contribution in [0.1, 0.15) is 105 Å². The summed E-state index contributed by atoms with van der Waals surface area (Å²) < 4.78 is 0. The third-order valence-corrected chi connectivity index (χ3v) is 10.3. The van der Waals surface area contributed by atoms with Crippen molar-refractivity contribution in [2.24, 2.45) is 46.3 Å². The minimum atomic E-state index is -0.0766. The Morgan fingerprint density at radius 2 is 1.79 bits per heavy atom. The number of hydrogen-bond acceptors (Lipinski definition) is 1. The van der Waals surface area contributed by atoms with Crippen LogP contribution in [0.2, 0.25) is 0 Å². The third-order valence-electron chi connectivity index (χ3n) is 10.3. The molecule has 4 rings (SSSR count). The van der Waals surface area contributed by atoms with Crippen LogP contribution in [0.3, 0.4) is 0 Å². The first-order chi connectivity index (χ1) is 13.3. The summed E-state index contributed by atoms with van der Waals surface area (Å²) in [5.74, 6) is 5.46. The Morgan fingerprint density at radius 1 is 1.00 bits per heavy atom. The molecule has 3 fully saturated rings. The average molecular weight is 387 g/mol. The van der Waals surface area contributed by atoms with Crippen molar-refractivity contribution in [2.45, 2.75) is 111 Å². The van der Waals surface area contributed by atoms with Crippen LogP contribution in [-0.2, 0) is 0 Å². The molecule has 0 saturated heterocycles. The van der Waals surface area contributed by atoms with Crippen LogP contribution in [0.4, 0.5) is 0 Å². The van der Waals surface area contributed by atoms with Gasteiger partial charge in [0.2, 0.25) is 0 Å². The first-order valence-electron chi connectivity index (χ1n) is 12.6. The summed E-state index contributed by atoms with van der Waals surface area (Å²) in [4.78, 5) is 0. The van der Waals surface area contributed by atoms with Crippen molar-refractivity contribution in [3.8, 4) is 0 Å². The highest BCUT2D eigenvalue weighted by molar-refractivity contribution is 5.25. The number of aliphatic hydroxyl groups excluding tert-OH is 1. The van der Waals surface area contributed by atoms with Gasteiger partial charge in [-0.3, -0.25) is 0 Å². The van der Waals surface area contributed by atoms with Crippen molar-refractivity contribution in [3.63, 3.8) is 0 Å². The van der Waals surface area contributed by atoms with Crippen LogP contribution < -0.4 is 0 Å². The van der Waals surface area contributed by atoms with Gasteiger partial charge in [0, 0.05) is 0 Å². The molecule has 0 amide bonds. The zero-order valence-electron chi connectivity index (χ0n) is 19.3. The monoisotopic (exact) mass is 386 g/mol. The lowest BCUT2D eigenvalue weighted by molar-refractivity contribution is -0.0573. The maximum Gasteiger partial charge on any atom is 0.0577 e. The fraction of sp³-hybridized carbons (Fsp3) is 0.926. The Kier molecular flexibility index (Phi) is 5.80. The number of fused-ring (bicyclic) bond motifs is 5. The van der Waals surface area contributed by atoms with Gasteiger partial charge in [0.1, 0.15) is 0 Å². The van der Waals surface area contributed by atoms with Gasteiger partial charge >= 0.3 is 0 Å². The van der Waals surface area contributed by atoms with E-state index in [1.807, 2.05) is 0 Å². The van der Waals surface area contributed by atoms with Gasteiger partial charge in [0.25, 0.3) is 0 Å². The lowest BCUT2D eigenvalue weighted by Crippen LogP contribution is -2.50. The molecule has 0 aromatic heterocycles. The maximum atomic E-state index is 10.2. The van der Waals surface area contributed by atoms with E-state index in [4.69, 9.17) is 0 Å². The predicted octanol–water partition coefficient (Wildman–Crippen LogP) is 7.39. The highest BCUT2D eigenvalue weighted by atomic mass is 16.3. The molecular weight excluding hydrogens is 340 g/mol. The Balaban J connectivity index is 1.49. The Morgan fingerprint density at radius 3 is 2.54 bits per heavy atom. The van der Waals surface area contributed by atoms with Gasteiger partial charge in [-0.15, -0.1) is 0 Å². The molecule has 0 spiro atoms. The summed E-state index contributed by atoms with van der Waals surface area (Å²) in [5.41, 5.74) is 2.60. The number of hydrogen-bond donors (Lipinski definition) is 1. The minimum Gasteiger partial charge on any atom is -0.393 e. The van der Waals surface area contributed by atoms with Crippen LogP contribution in [0.25, 0.3) is 0 Å². The van der Waals surface area contributed by atoms with E-state index in [9.17, 15) is 5.11 Å². The van der Waals surface area contributed by atoms with E-state index >= 15 is 0 Å². The first-order valence-corrected chi connectivity index (χ1v) is 12.6. The van der Waals surface area contributed by atoms with E-state index in [-0.39, 0.29) is 6.10 Å². The third kappa shape index (κ3) is 3.42. The standard InChI is InChI=1S/C27H46O/c1-18(2)7-6-8-19(3)23-11-12-24-22-10-9-20-17-21(28)13-15-26(20,4)25(22)14-16-27(23,24)5/h9,18-19,21-25,28H,6-8,10-17H2,1-5H3/t19?,21-,22?,23?,24?,25?,26?,27?/m0/s1. The van der Waals surface area contributed by atoms with E-state index in [2.05, 4.69) is 40.7 Å². The highest BCUT2D eigenvalue weighted by Gasteiger charge is 2.59. The quantitative estimate of drug-likeness (QED) is 0.488. The largest absolute Gasteiger partial charge is 0.393 e. The Hall–Kier alpha value is -0.300. The fourth-order valence-electron chi connectivity index (χ4n) is 8.67. The summed E-state index contributed by atoms with van der Waals surface area (Å²) in [6.45, 7) is 12.6. The molecule has 0 heterocycles. The van der Waals surface area contributed by atoms with E-state index in [1.165, 1.54) is 57.8 Å². The second-order valence-corrected chi connectivity index (χ2v) is 12.2. The first kappa shape index (κ1) is 21.0. The van der Waals surface area contributed by atoms with Crippen LogP contribution in [-0.4, -0.2) is 11.2 Å². The lowest BCUT2D eigenvalue weighted by atomic mass is 9.47. The molecule has 4 aliphatic rings. The van der Waals surface area contributed by atoms with Crippen molar-refractivity contribution >= 4 is 0 Å². The number of allylic oxidation sites excluding steroid dienone is 1. The highest BCUT2D eigenvalue weighted by Crippen LogP contribution is 2.67. The van der Waals surface area contributed by atoms with Gasteiger partial charge in [-0.05, 0) is 97.7 Å². The van der Waals surface area contributed by atoms with Crippen molar-refractivity contribution in [1.29, 1.82) is 0 Å². The van der Waals surface area contributed by atoms with Crippen LogP contribution >= 0.6 is 0 Å². The molecule has 0 radical (unpaired) electrons. The zero-order chi connectivity index (χ0) is 20.1. The molecular formula is C27H46O. The molecule has 1 nitrogen and oxygen atoms in total. The average Bonchev–Trinajstić information content (AvgIpc) is 2.99. The van der Waals surface area contributed by atoms with Crippen LogP contribution in [0, 0.1) is 46.3 Å². The van der Waals surface area contributed by atoms with E-state index < -0.39 is 0 Å². The SMILES string of the molecule is CC(C)CCCC(C)C1CCC2C3CC=C4C[C@@H](O)CCC4(C)C3CCC12C. The van der Waals surface area contributed by atoms with Gasteiger partial charge in [0.15, 0.2) is 0 Å². The molecule has 0 bridgehead atoms. The molecule has 28 heavy (non-hydrogen) atoms. The van der Waals surface area contributed by atoms with Crippen molar-refractivity contribution < 1.29 is 5.11 Å². The smallest absolute Gasteiger partial charge is 0.0577 e. The molecule has 1 N–H and O–H groups in total. The van der Waals surface area contributed by atoms with Crippen molar-refractivity contribution in [1.82, 2.24) is 0 Å². The molecule has 8 atom stereocenters. The second-order valence-electron chi connectivity index (χ2n) is 12.2. The number of rotatable bonds is 5. The van der Waals surface area contributed by atoms with Gasteiger partial charge in [0.05, 0.1) is 6.10 Å². The fourth-order valence-corrected chi connectivity index (χ4v) is 8.67.